The standard InChI is InChI=1S/C16H21NO3/c18-15-3-1-2-12-6-7-13(8-14(12)15)20-10-16(19)17-9-11-4-5-11/h6-8,11,15,18H,1-5,9-10H2,(H,17,19)/t15-/m1/s1. The number of fused-ring (bicyclic) bond motifs is 1. The van der Waals surface area contributed by atoms with Crippen molar-refractivity contribution in [1.82, 2.24) is 5.32 Å². The summed E-state index contributed by atoms with van der Waals surface area (Å²) in [6.07, 6.45) is 4.89. The van der Waals surface area contributed by atoms with Gasteiger partial charge < -0.3 is 15.2 Å². The van der Waals surface area contributed by atoms with Crippen LogP contribution in [0.5, 0.6) is 5.75 Å². The van der Waals surface area contributed by atoms with E-state index in [1.165, 1.54) is 18.4 Å². The monoisotopic (exact) mass is 275 g/mol. The third-order valence-electron chi connectivity index (χ3n) is 4.05. The number of ether oxygens (including phenoxy) is 1. The van der Waals surface area contributed by atoms with Gasteiger partial charge in [0.1, 0.15) is 5.75 Å². The van der Waals surface area contributed by atoms with E-state index in [1.807, 2.05) is 18.2 Å². The Hall–Kier alpha value is -1.55. The highest BCUT2D eigenvalue weighted by Crippen LogP contribution is 2.32. The molecule has 3 rings (SSSR count). The Morgan fingerprint density at radius 3 is 3.00 bits per heavy atom. The number of nitrogens with one attached hydrogen (secondary N) is 1. The Balaban J connectivity index is 1.54. The Bertz CT molecular complexity index is 496. The van der Waals surface area contributed by atoms with Crippen LogP contribution in [0, 0.1) is 5.92 Å². The molecule has 0 heterocycles. The van der Waals surface area contributed by atoms with E-state index < -0.39 is 6.10 Å². The van der Waals surface area contributed by atoms with E-state index in [0.717, 1.165) is 31.4 Å². The summed E-state index contributed by atoms with van der Waals surface area (Å²) >= 11 is 0. The Labute approximate surface area is 119 Å². The molecule has 108 valence electrons. The lowest BCUT2D eigenvalue weighted by Crippen LogP contribution is -2.30. The number of aliphatic hydroxyl groups excluding tert-OH is 1. The maximum atomic E-state index is 11.6. The first kappa shape index (κ1) is 13.4. The summed E-state index contributed by atoms with van der Waals surface area (Å²) < 4.78 is 5.51. The van der Waals surface area contributed by atoms with E-state index in [-0.39, 0.29) is 12.5 Å². The number of hydrogen-bond acceptors (Lipinski definition) is 3. The molecule has 0 bridgehead atoms. The molecule has 1 saturated carbocycles. The van der Waals surface area contributed by atoms with Gasteiger partial charge in [0.15, 0.2) is 6.61 Å². The van der Waals surface area contributed by atoms with Gasteiger partial charge in [-0.2, -0.15) is 0 Å². The van der Waals surface area contributed by atoms with Crippen LogP contribution in [-0.2, 0) is 11.2 Å². The second-order valence-electron chi connectivity index (χ2n) is 5.80. The summed E-state index contributed by atoms with van der Waals surface area (Å²) in [5, 5.41) is 12.9. The normalized spacial score (nSPS) is 21.1. The van der Waals surface area contributed by atoms with E-state index in [1.54, 1.807) is 0 Å². The van der Waals surface area contributed by atoms with Gasteiger partial charge in [0, 0.05) is 6.54 Å². The molecular weight excluding hydrogens is 254 g/mol. The SMILES string of the molecule is O=C(COc1ccc2c(c1)[C@H](O)CCC2)NCC1CC1. The fourth-order valence-electron chi connectivity index (χ4n) is 2.62. The van der Waals surface area contributed by atoms with Gasteiger partial charge in [0.25, 0.3) is 5.91 Å². The zero-order valence-corrected chi connectivity index (χ0v) is 11.6. The first-order valence-electron chi connectivity index (χ1n) is 7.43. The lowest BCUT2D eigenvalue weighted by Gasteiger charge is -2.21. The molecule has 1 fully saturated rings. The summed E-state index contributed by atoms with van der Waals surface area (Å²) in [5.41, 5.74) is 2.14. The average Bonchev–Trinajstić information content (AvgIpc) is 3.28. The molecule has 2 aliphatic carbocycles. The van der Waals surface area contributed by atoms with Crippen LogP contribution < -0.4 is 10.1 Å². The predicted molar refractivity (Wildman–Crippen MR) is 75.6 cm³/mol. The van der Waals surface area contributed by atoms with Gasteiger partial charge in [-0.15, -0.1) is 0 Å². The lowest BCUT2D eigenvalue weighted by atomic mass is 9.89. The van der Waals surface area contributed by atoms with Crippen LogP contribution in [0.25, 0.3) is 0 Å². The van der Waals surface area contributed by atoms with E-state index in [4.69, 9.17) is 4.74 Å². The summed E-state index contributed by atoms with van der Waals surface area (Å²) in [4.78, 5) is 11.6. The molecule has 2 N–H and O–H groups in total. The molecule has 1 aromatic rings. The second kappa shape index (κ2) is 5.83. The molecule has 1 atom stereocenters. The topological polar surface area (TPSA) is 58.6 Å². The van der Waals surface area contributed by atoms with Crippen LogP contribution in [0.2, 0.25) is 0 Å². The molecule has 1 amide bonds. The number of benzene rings is 1. The van der Waals surface area contributed by atoms with Crippen molar-refractivity contribution >= 4 is 5.91 Å². The molecule has 0 aliphatic heterocycles. The summed E-state index contributed by atoms with van der Waals surface area (Å²) in [6.45, 7) is 0.812. The van der Waals surface area contributed by atoms with E-state index in [2.05, 4.69) is 5.32 Å². The predicted octanol–water partition coefficient (Wildman–Crippen LogP) is 1.96. The van der Waals surface area contributed by atoms with Gasteiger partial charge in [0.2, 0.25) is 0 Å². The summed E-state index contributed by atoms with van der Waals surface area (Å²) in [6, 6.07) is 5.74. The Morgan fingerprint density at radius 1 is 1.35 bits per heavy atom. The first-order chi connectivity index (χ1) is 9.72. The van der Waals surface area contributed by atoms with E-state index >= 15 is 0 Å². The van der Waals surface area contributed by atoms with Crippen LogP contribution in [0.3, 0.4) is 0 Å². The number of hydrogen-bond donors (Lipinski definition) is 2. The maximum absolute atomic E-state index is 11.6. The van der Waals surface area contributed by atoms with Crippen LogP contribution >= 0.6 is 0 Å². The quantitative estimate of drug-likeness (QED) is 0.863. The molecule has 0 aromatic heterocycles. The average molecular weight is 275 g/mol. The number of amides is 1. The third kappa shape index (κ3) is 3.31. The fraction of sp³-hybridized carbons (Fsp3) is 0.562. The highest BCUT2D eigenvalue weighted by molar-refractivity contribution is 5.77. The van der Waals surface area contributed by atoms with Crippen molar-refractivity contribution in [2.45, 2.75) is 38.2 Å². The zero-order valence-electron chi connectivity index (χ0n) is 11.6. The van der Waals surface area contributed by atoms with E-state index in [0.29, 0.717) is 11.7 Å². The van der Waals surface area contributed by atoms with E-state index in [9.17, 15) is 9.90 Å². The number of aliphatic hydroxyl groups is 1. The molecule has 4 heteroatoms. The summed E-state index contributed by atoms with van der Waals surface area (Å²) in [5.74, 6) is 1.26. The minimum Gasteiger partial charge on any atom is -0.484 e. The maximum Gasteiger partial charge on any atom is 0.257 e. The summed E-state index contributed by atoms with van der Waals surface area (Å²) in [7, 11) is 0. The first-order valence-corrected chi connectivity index (χ1v) is 7.43. The van der Waals surface area contributed by atoms with Gasteiger partial charge in [-0.1, -0.05) is 6.07 Å². The minimum atomic E-state index is -0.397. The molecule has 4 nitrogen and oxygen atoms in total. The van der Waals surface area contributed by atoms with Crippen molar-refractivity contribution in [2.75, 3.05) is 13.2 Å². The number of rotatable bonds is 5. The van der Waals surface area contributed by atoms with Crippen LogP contribution in [0.15, 0.2) is 18.2 Å². The largest absolute Gasteiger partial charge is 0.484 e. The van der Waals surface area contributed by atoms with Crippen molar-refractivity contribution in [1.29, 1.82) is 0 Å². The highest BCUT2D eigenvalue weighted by Gasteiger charge is 2.22. The van der Waals surface area contributed by atoms with Crippen molar-refractivity contribution in [3.8, 4) is 5.75 Å². The molecule has 0 saturated heterocycles. The van der Waals surface area contributed by atoms with Gasteiger partial charge in [-0.25, -0.2) is 0 Å². The molecule has 20 heavy (non-hydrogen) atoms. The molecule has 2 aliphatic rings. The number of carbonyl (C=O) groups is 1. The van der Waals surface area contributed by atoms with Crippen molar-refractivity contribution < 1.29 is 14.6 Å². The number of aryl methyl sites for hydroxylation is 1. The van der Waals surface area contributed by atoms with Gasteiger partial charge in [0.05, 0.1) is 6.10 Å². The highest BCUT2D eigenvalue weighted by atomic mass is 16.5. The van der Waals surface area contributed by atoms with Crippen LogP contribution in [-0.4, -0.2) is 24.2 Å². The van der Waals surface area contributed by atoms with Crippen LogP contribution in [0.1, 0.15) is 42.9 Å². The third-order valence-corrected chi connectivity index (χ3v) is 4.05. The molecular formula is C16H21NO3. The minimum absolute atomic E-state index is 0.0433. The lowest BCUT2D eigenvalue weighted by molar-refractivity contribution is -0.123. The van der Waals surface area contributed by atoms with Gasteiger partial charge in [-0.3, -0.25) is 4.79 Å². The van der Waals surface area contributed by atoms with Crippen molar-refractivity contribution in [2.24, 2.45) is 5.92 Å². The van der Waals surface area contributed by atoms with Gasteiger partial charge in [-0.05, 0) is 61.3 Å². The van der Waals surface area contributed by atoms with Crippen LogP contribution in [0.4, 0.5) is 0 Å². The Kier molecular flexibility index (Phi) is 3.92. The Morgan fingerprint density at radius 2 is 2.20 bits per heavy atom. The zero-order chi connectivity index (χ0) is 13.9. The van der Waals surface area contributed by atoms with Gasteiger partial charge >= 0.3 is 0 Å². The second-order valence-corrected chi connectivity index (χ2v) is 5.80. The number of carbonyl (C=O) groups excluding carboxylic acids is 1. The van der Waals surface area contributed by atoms with Crippen molar-refractivity contribution in [3.05, 3.63) is 29.3 Å². The molecule has 0 radical (unpaired) electrons. The molecule has 0 spiro atoms. The molecule has 0 unspecified atom stereocenters. The molecule has 1 aromatic carbocycles. The smallest absolute Gasteiger partial charge is 0.257 e. The van der Waals surface area contributed by atoms with Crippen molar-refractivity contribution in [3.63, 3.8) is 0 Å². The fourth-order valence-corrected chi connectivity index (χ4v) is 2.62.